The predicted molar refractivity (Wildman–Crippen MR) is 62.5 cm³/mol. The van der Waals surface area contributed by atoms with Crippen LogP contribution in [0.5, 0.6) is 0 Å². The second-order valence-electron chi connectivity index (χ2n) is 4.80. The van der Waals surface area contributed by atoms with Crippen molar-refractivity contribution >= 4 is 15.5 Å². The Morgan fingerprint density at radius 2 is 1.68 bits per heavy atom. The number of nitrogens with zero attached hydrogens (tertiary/aromatic N) is 1. The van der Waals surface area contributed by atoms with Gasteiger partial charge in [0, 0.05) is 18.8 Å². The van der Waals surface area contributed by atoms with Gasteiger partial charge in [-0.25, -0.2) is 8.42 Å². The lowest BCUT2D eigenvalue weighted by Crippen LogP contribution is -2.60. The molecule has 0 aliphatic carbocycles. The number of alkyl halides is 3. The van der Waals surface area contributed by atoms with E-state index in [1.165, 1.54) is 12.1 Å². The molecule has 0 radical (unpaired) electrons. The third-order valence-corrected chi connectivity index (χ3v) is 4.38. The number of sulfone groups is 1. The van der Waals surface area contributed by atoms with Crippen molar-refractivity contribution in [3.8, 4) is 0 Å². The van der Waals surface area contributed by atoms with Gasteiger partial charge >= 0.3 is 5.51 Å². The zero-order chi connectivity index (χ0) is 14.5. The van der Waals surface area contributed by atoms with Crippen molar-refractivity contribution in [2.75, 3.05) is 18.0 Å². The van der Waals surface area contributed by atoms with Crippen molar-refractivity contribution in [2.45, 2.75) is 22.9 Å². The SMILES string of the molecule is CC1(O)CN(c2ccc(S(=O)(=O)C(F)(F)F)cc2)C1. The van der Waals surface area contributed by atoms with Crippen LogP contribution in [0, 0.1) is 0 Å². The van der Waals surface area contributed by atoms with E-state index in [-0.39, 0.29) is 0 Å². The number of benzene rings is 1. The Kier molecular flexibility index (Phi) is 3.06. The summed E-state index contributed by atoms with van der Waals surface area (Å²) in [6.07, 6.45) is 0. The highest BCUT2D eigenvalue weighted by molar-refractivity contribution is 7.92. The maximum atomic E-state index is 12.3. The van der Waals surface area contributed by atoms with E-state index in [0.29, 0.717) is 18.8 Å². The van der Waals surface area contributed by atoms with Crippen molar-refractivity contribution in [1.82, 2.24) is 0 Å². The van der Waals surface area contributed by atoms with Crippen LogP contribution < -0.4 is 4.90 Å². The zero-order valence-corrected chi connectivity index (χ0v) is 10.8. The molecule has 0 amide bonds. The van der Waals surface area contributed by atoms with Gasteiger partial charge in [0.25, 0.3) is 9.84 Å². The molecule has 4 nitrogen and oxygen atoms in total. The summed E-state index contributed by atoms with van der Waals surface area (Å²) in [4.78, 5) is 0.959. The molecule has 8 heteroatoms. The molecule has 0 saturated carbocycles. The molecule has 0 bridgehead atoms. The average Bonchev–Trinajstić information content (AvgIpc) is 2.24. The van der Waals surface area contributed by atoms with Crippen LogP contribution in [0.1, 0.15) is 6.92 Å². The van der Waals surface area contributed by atoms with Gasteiger partial charge < -0.3 is 10.0 Å². The number of anilines is 1. The highest BCUT2D eigenvalue weighted by Gasteiger charge is 2.47. The molecule has 1 fully saturated rings. The number of rotatable bonds is 2. The molecule has 2 rings (SSSR count). The van der Waals surface area contributed by atoms with Gasteiger partial charge in [0.05, 0.1) is 10.5 Å². The lowest BCUT2D eigenvalue weighted by atomic mass is 9.96. The molecule has 1 aliphatic heterocycles. The first-order valence-electron chi connectivity index (χ1n) is 5.42. The van der Waals surface area contributed by atoms with E-state index < -0.39 is 25.8 Å². The molecule has 1 saturated heterocycles. The van der Waals surface area contributed by atoms with E-state index in [9.17, 15) is 26.7 Å². The minimum Gasteiger partial charge on any atom is -0.386 e. The Labute approximate surface area is 108 Å². The summed E-state index contributed by atoms with van der Waals surface area (Å²) < 4.78 is 59.3. The summed E-state index contributed by atoms with van der Waals surface area (Å²) >= 11 is 0. The Bertz CT molecular complexity index is 570. The van der Waals surface area contributed by atoms with E-state index in [1.54, 1.807) is 11.8 Å². The first-order chi connectivity index (χ1) is 8.53. The number of halogens is 3. The summed E-state index contributed by atoms with van der Waals surface area (Å²) in [5, 5.41) is 9.55. The number of aliphatic hydroxyl groups is 1. The van der Waals surface area contributed by atoms with E-state index >= 15 is 0 Å². The van der Waals surface area contributed by atoms with Gasteiger partial charge in [-0.1, -0.05) is 0 Å². The van der Waals surface area contributed by atoms with E-state index in [1.807, 2.05) is 0 Å². The van der Waals surface area contributed by atoms with E-state index in [0.717, 1.165) is 12.1 Å². The van der Waals surface area contributed by atoms with Crippen LogP contribution in [0.4, 0.5) is 18.9 Å². The monoisotopic (exact) mass is 295 g/mol. The van der Waals surface area contributed by atoms with Crippen LogP contribution in [-0.4, -0.2) is 37.7 Å². The Balaban J connectivity index is 2.21. The molecule has 0 spiro atoms. The predicted octanol–water partition coefficient (Wildman–Crippen LogP) is 1.55. The molecule has 1 aromatic carbocycles. The Morgan fingerprint density at radius 1 is 1.21 bits per heavy atom. The summed E-state index contributed by atoms with van der Waals surface area (Å²) in [7, 11) is -5.30. The maximum Gasteiger partial charge on any atom is 0.501 e. The second-order valence-corrected chi connectivity index (χ2v) is 6.74. The quantitative estimate of drug-likeness (QED) is 0.899. The van der Waals surface area contributed by atoms with Gasteiger partial charge in [-0.3, -0.25) is 0 Å². The van der Waals surface area contributed by atoms with Gasteiger partial charge in [-0.05, 0) is 31.2 Å². The van der Waals surface area contributed by atoms with Crippen molar-refractivity contribution in [1.29, 1.82) is 0 Å². The Hall–Kier alpha value is -1.28. The van der Waals surface area contributed by atoms with Gasteiger partial charge in [-0.2, -0.15) is 13.2 Å². The maximum absolute atomic E-state index is 12.3. The third-order valence-electron chi connectivity index (χ3n) is 2.88. The fourth-order valence-electron chi connectivity index (χ4n) is 1.93. The van der Waals surface area contributed by atoms with Gasteiger partial charge in [-0.15, -0.1) is 0 Å². The number of hydrogen-bond acceptors (Lipinski definition) is 4. The summed E-state index contributed by atoms with van der Waals surface area (Å²) in [6.45, 7) is 2.36. The number of β-amino-alcohol motifs (C(OH)–C–C–N with tert-alkyl or cyclic N) is 1. The van der Waals surface area contributed by atoms with Crippen molar-refractivity contribution < 1.29 is 26.7 Å². The van der Waals surface area contributed by atoms with Crippen molar-refractivity contribution in [2.24, 2.45) is 0 Å². The summed E-state index contributed by atoms with van der Waals surface area (Å²) in [5.41, 5.74) is -5.53. The van der Waals surface area contributed by atoms with Crippen LogP contribution in [0.25, 0.3) is 0 Å². The van der Waals surface area contributed by atoms with Gasteiger partial charge in [0.1, 0.15) is 0 Å². The highest BCUT2D eigenvalue weighted by atomic mass is 32.2. The van der Waals surface area contributed by atoms with Gasteiger partial charge in [0.15, 0.2) is 0 Å². The fourth-order valence-corrected chi connectivity index (χ4v) is 2.69. The first kappa shape index (κ1) is 14.1. The highest BCUT2D eigenvalue weighted by Crippen LogP contribution is 2.32. The van der Waals surface area contributed by atoms with Crippen LogP contribution >= 0.6 is 0 Å². The molecule has 1 heterocycles. The van der Waals surface area contributed by atoms with Gasteiger partial charge in [0.2, 0.25) is 0 Å². The zero-order valence-electron chi connectivity index (χ0n) is 9.98. The fraction of sp³-hybridized carbons (Fsp3) is 0.455. The Morgan fingerprint density at radius 3 is 2.05 bits per heavy atom. The van der Waals surface area contributed by atoms with Crippen molar-refractivity contribution in [3.05, 3.63) is 24.3 Å². The van der Waals surface area contributed by atoms with Crippen LogP contribution in [-0.2, 0) is 9.84 Å². The lowest BCUT2D eigenvalue weighted by molar-refractivity contribution is -0.0436. The molecule has 106 valence electrons. The lowest BCUT2D eigenvalue weighted by Gasteiger charge is -2.45. The van der Waals surface area contributed by atoms with Crippen LogP contribution in [0.15, 0.2) is 29.2 Å². The normalized spacial score (nSPS) is 19.1. The van der Waals surface area contributed by atoms with Crippen molar-refractivity contribution in [3.63, 3.8) is 0 Å². The first-order valence-corrected chi connectivity index (χ1v) is 6.90. The molecule has 1 N–H and O–H groups in total. The number of hydrogen-bond donors (Lipinski definition) is 1. The molecule has 0 aromatic heterocycles. The molecule has 0 atom stereocenters. The molecule has 1 aromatic rings. The minimum atomic E-state index is -5.30. The van der Waals surface area contributed by atoms with E-state index in [4.69, 9.17) is 0 Å². The molecule has 19 heavy (non-hydrogen) atoms. The molecular weight excluding hydrogens is 283 g/mol. The standard InChI is InChI=1S/C11H12F3NO3S/c1-10(16)6-15(7-10)8-2-4-9(5-3-8)19(17,18)11(12,13)14/h2-5,16H,6-7H2,1H3. The largest absolute Gasteiger partial charge is 0.501 e. The third kappa shape index (κ3) is 2.55. The summed E-state index contributed by atoms with van der Waals surface area (Å²) in [5.74, 6) is 0. The topological polar surface area (TPSA) is 57.6 Å². The molecule has 0 unspecified atom stereocenters. The second kappa shape index (κ2) is 4.11. The summed E-state index contributed by atoms with van der Waals surface area (Å²) in [6, 6.07) is 4.44. The molecular formula is C11H12F3NO3S. The van der Waals surface area contributed by atoms with Crippen LogP contribution in [0.3, 0.4) is 0 Å². The van der Waals surface area contributed by atoms with E-state index in [2.05, 4.69) is 0 Å². The minimum absolute atomic E-state index is 0.359. The average molecular weight is 295 g/mol. The smallest absolute Gasteiger partial charge is 0.386 e. The van der Waals surface area contributed by atoms with Crippen LogP contribution in [0.2, 0.25) is 0 Å². The molecule has 1 aliphatic rings.